The van der Waals surface area contributed by atoms with Crippen LogP contribution in [-0.4, -0.2) is 9.78 Å². The summed E-state index contributed by atoms with van der Waals surface area (Å²) in [5.41, 5.74) is 0.460. The first-order valence-corrected chi connectivity index (χ1v) is 3.14. The van der Waals surface area contributed by atoms with E-state index in [1.165, 1.54) is 10.7 Å². The van der Waals surface area contributed by atoms with Gasteiger partial charge in [0.25, 0.3) is 5.56 Å². The first kappa shape index (κ1) is 7.48. The SMILES string of the molecule is Cn1nc(CC#N)ccc1=O. The van der Waals surface area contributed by atoms with Gasteiger partial charge in [-0.15, -0.1) is 0 Å². The van der Waals surface area contributed by atoms with E-state index in [1.807, 2.05) is 6.07 Å². The first-order chi connectivity index (χ1) is 5.24. The lowest BCUT2D eigenvalue weighted by molar-refractivity contribution is 0.687. The molecule has 4 heteroatoms. The van der Waals surface area contributed by atoms with E-state index >= 15 is 0 Å². The molecule has 0 aliphatic rings. The third kappa shape index (κ3) is 1.64. The monoisotopic (exact) mass is 149 g/mol. The Hall–Kier alpha value is -1.63. The van der Waals surface area contributed by atoms with Gasteiger partial charge in [0.1, 0.15) is 0 Å². The number of hydrogen-bond donors (Lipinski definition) is 0. The molecule has 0 N–H and O–H groups in total. The van der Waals surface area contributed by atoms with E-state index in [0.717, 1.165) is 0 Å². The van der Waals surface area contributed by atoms with E-state index in [0.29, 0.717) is 5.69 Å². The van der Waals surface area contributed by atoms with Crippen molar-refractivity contribution in [3.63, 3.8) is 0 Å². The minimum atomic E-state index is -0.160. The smallest absolute Gasteiger partial charge is 0.266 e. The Kier molecular flexibility index (Phi) is 2.02. The van der Waals surface area contributed by atoms with E-state index < -0.39 is 0 Å². The van der Waals surface area contributed by atoms with E-state index in [1.54, 1.807) is 13.1 Å². The number of aromatic nitrogens is 2. The van der Waals surface area contributed by atoms with Crippen LogP contribution < -0.4 is 5.56 Å². The van der Waals surface area contributed by atoms with Crippen molar-refractivity contribution < 1.29 is 0 Å². The lowest BCUT2D eigenvalue weighted by Gasteiger charge is -1.95. The quantitative estimate of drug-likeness (QED) is 0.557. The first-order valence-electron chi connectivity index (χ1n) is 3.14. The van der Waals surface area contributed by atoms with E-state index in [4.69, 9.17) is 5.26 Å². The summed E-state index contributed by atoms with van der Waals surface area (Å²) >= 11 is 0. The molecule has 1 heterocycles. The molecule has 0 unspecified atom stereocenters. The molecule has 0 aromatic carbocycles. The standard InChI is InChI=1S/C7H7N3O/c1-10-7(11)3-2-6(9-10)4-5-8/h2-3H,4H2,1H3. The molecule has 56 valence electrons. The number of nitrogens with zero attached hydrogens (tertiary/aromatic N) is 3. The Bertz CT molecular complexity index is 347. The normalized spacial score (nSPS) is 9.09. The molecule has 0 bridgehead atoms. The topological polar surface area (TPSA) is 58.7 Å². The van der Waals surface area contributed by atoms with E-state index in [-0.39, 0.29) is 12.0 Å². The van der Waals surface area contributed by atoms with Crippen molar-refractivity contribution >= 4 is 0 Å². The van der Waals surface area contributed by atoms with Crippen LogP contribution in [0.15, 0.2) is 16.9 Å². The van der Waals surface area contributed by atoms with Crippen molar-refractivity contribution in [2.24, 2.45) is 7.05 Å². The molecule has 0 saturated heterocycles. The van der Waals surface area contributed by atoms with Gasteiger partial charge >= 0.3 is 0 Å². The van der Waals surface area contributed by atoms with Crippen LogP contribution in [0.2, 0.25) is 0 Å². The lowest BCUT2D eigenvalue weighted by Crippen LogP contribution is -2.19. The van der Waals surface area contributed by atoms with Gasteiger partial charge in [-0.3, -0.25) is 4.79 Å². The average molecular weight is 149 g/mol. The fourth-order valence-electron chi connectivity index (χ4n) is 0.726. The Labute approximate surface area is 63.7 Å². The average Bonchev–Trinajstić information content (AvgIpc) is 1.98. The number of hydrogen-bond acceptors (Lipinski definition) is 3. The zero-order valence-corrected chi connectivity index (χ0v) is 6.11. The molecule has 0 spiro atoms. The van der Waals surface area contributed by atoms with E-state index in [9.17, 15) is 4.79 Å². The molecular formula is C7H7N3O. The third-order valence-corrected chi connectivity index (χ3v) is 1.28. The second kappa shape index (κ2) is 2.97. The van der Waals surface area contributed by atoms with E-state index in [2.05, 4.69) is 5.10 Å². The molecule has 0 aliphatic heterocycles. The molecular weight excluding hydrogens is 142 g/mol. The highest BCUT2D eigenvalue weighted by molar-refractivity contribution is 5.05. The summed E-state index contributed by atoms with van der Waals surface area (Å²) in [6.07, 6.45) is 0.244. The van der Waals surface area contributed by atoms with Gasteiger partial charge in [0.05, 0.1) is 18.2 Å². The number of aryl methyl sites for hydroxylation is 1. The predicted octanol–water partition coefficient (Wildman–Crippen LogP) is -0.154. The fourth-order valence-corrected chi connectivity index (χ4v) is 0.726. The highest BCUT2D eigenvalue weighted by Gasteiger charge is 1.94. The van der Waals surface area contributed by atoms with Gasteiger partial charge in [0, 0.05) is 13.1 Å². The maximum Gasteiger partial charge on any atom is 0.266 e. The van der Waals surface area contributed by atoms with Crippen LogP contribution in [0.4, 0.5) is 0 Å². The molecule has 4 nitrogen and oxygen atoms in total. The van der Waals surface area contributed by atoms with Gasteiger partial charge in [0.15, 0.2) is 0 Å². The van der Waals surface area contributed by atoms with Crippen LogP contribution in [-0.2, 0) is 13.5 Å². The molecule has 0 saturated carbocycles. The largest absolute Gasteiger partial charge is 0.268 e. The molecule has 1 rings (SSSR count). The summed E-state index contributed by atoms with van der Waals surface area (Å²) in [6, 6.07) is 4.92. The molecule has 0 atom stereocenters. The Morgan fingerprint density at radius 1 is 1.73 bits per heavy atom. The highest BCUT2D eigenvalue weighted by atomic mass is 16.1. The Morgan fingerprint density at radius 3 is 3.00 bits per heavy atom. The molecule has 0 amide bonds. The fraction of sp³-hybridized carbons (Fsp3) is 0.286. The molecule has 0 fully saturated rings. The van der Waals surface area contributed by atoms with Crippen LogP contribution >= 0.6 is 0 Å². The number of rotatable bonds is 1. The third-order valence-electron chi connectivity index (χ3n) is 1.28. The number of nitriles is 1. The summed E-state index contributed by atoms with van der Waals surface area (Å²) in [6.45, 7) is 0. The summed E-state index contributed by atoms with van der Waals surface area (Å²) in [4.78, 5) is 10.8. The van der Waals surface area contributed by atoms with Crippen molar-refractivity contribution in [3.05, 3.63) is 28.2 Å². The predicted molar refractivity (Wildman–Crippen MR) is 38.8 cm³/mol. The van der Waals surface area contributed by atoms with Gasteiger partial charge in [-0.05, 0) is 6.07 Å². The highest BCUT2D eigenvalue weighted by Crippen LogP contribution is 1.88. The minimum Gasteiger partial charge on any atom is -0.268 e. The second-order valence-corrected chi connectivity index (χ2v) is 2.12. The summed E-state index contributed by atoms with van der Waals surface area (Å²) in [5, 5.41) is 12.1. The van der Waals surface area contributed by atoms with Crippen LogP contribution in [0.5, 0.6) is 0 Å². The molecule has 11 heavy (non-hydrogen) atoms. The van der Waals surface area contributed by atoms with Gasteiger partial charge in [0.2, 0.25) is 0 Å². The van der Waals surface area contributed by atoms with Crippen molar-refractivity contribution in [2.45, 2.75) is 6.42 Å². The van der Waals surface area contributed by atoms with Crippen molar-refractivity contribution in [1.82, 2.24) is 9.78 Å². The van der Waals surface area contributed by atoms with Crippen molar-refractivity contribution in [1.29, 1.82) is 5.26 Å². The molecule has 1 aromatic rings. The summed E-state index contributed by atoms with van der Waals surface area (Å²) < 4.78 is 1.21. The maximum absolute atomic E-state index is 10.8. The Morgan fingerprint density at radius 2 is 2.45 bits per heavy atom. The van der Waals surface area contributed by atoms with Gasteiger partial charge in [-0.2, -0.15) is 10.4 Å². The molecule has 1 aromatic heterocycles. The molecule has 0 radical (unpaired) electrons. The maximum atomic E-state index is 10.8. The summed E-state index contributed by atoms with van der Waals surface area (Å²) in [7, 11) is 1.56. The van der Waals surface area contributed by atoms with Crippen LogP contribution in [0.3, 0.4) is 0 Å². The van der Waals surface area contributed by atoms with Gasteiger partial charge in [-0.1, -0.05) is 0 Å². The Balaban J connectivity index is 3.07. The van der Waals surface area contributed by atoms with Crippen LogP contribution in [0, 0.1) is 11.3 Å². The van der Waals surface area contributed by atoms with Gasteiger partial charge < -0.3 is 0 Å². The lowest BCUT2D eigenvalue weighted by atomic mass is 10.3. The molecule has 0 aliphatic carbocycles. The van der Waals surface area contributed by atoms with Crippen LogP contribution in [0.25, 0.3) is 0 Å². The van der Waals surface area contributed by atoms with Gasteiger partial charge in [-0.25, -0.2) is 4.68 Å². The summed E-state index contributed by atoms with van der Waals surface area (Å²) in [5.74, 6) is 0. The van der Waals surface area contributed by atoms with Crippen molar-refractivity contribution in [2.75, 3.05) is 0 Å². The van der Waals surface area contributed by atoms with Crippen molar-refractivity contribution in [3.8, 4) is 6.07 Å². The zero-order valence-electron chi connectivity index (χ0n) is 6.11. The minimum absolute atomic E-state index is 0.160. The second-order valence-electron chi connectivity index (χ2n) is 2.12. The zero-order chi connectivity index (χ0) is 8.27. The van der Waals surface area contributed by atoms with Crippen LogP contribution in [0.1, 0.15) is 5.69 Å².